The van der Waals surface area contributed by atoms with Crippen LogP contribution in [0.4, 0.5) is 5.82 Å². The van der Waals surface area contributed by atoms with Gasteiger partial charge in [-0.25, -0.2) is 0 Å². The summed E-state index contributed by atoms with van der Waals surface area (Å²) in [5.41, 5.74) is 6.80. The van der Waals surface area contributed by atoms with E-state index < -0.39 is 0 Å². The van der Waals surface area contributed by atoms with Crippen molar-refractivity contribution in [2.24, 2.45) is 5.73 Å². The number of H-pyrrole nitrogens is 1. The molecule has 1 rings (SSSR count). The second kappa shape index (κ2) is 6.49. The molecule has 4 N–H and O–H groups in total. The normalized spacial score (nSPS) is 10.4. The summed E-state index contributed by atoms with van der Waals surface area (Å²) in [5.74, 6) is 1.13. The third-order valence-electron chi connectivity index (χ3n) is 2.26. The highest BCUT2D eigenvalue weighted by molar-refractivity contribution is 5.38. The van der Waals surface area contributed by atoms with Gasteiger partial charge in [-0.3, -0.25) is 0 Å². The van der Waals surface area contributed by atoms with E-state index in [0.717, 1.165) is 31.7 Å². The molecule has 0 aliphatic rings. The van der Waals surface area contributed by atoms with E-state index in [9.17, 15) is 0 Å². The molecule has 80 valence electrons. The topological polar surface area (TPSA) is 53.8 Å². The van der Waals surface area contributed by atoms with E-state index in [2.05, 4.69) is 29.5 Å². The SMILES string of the molecule is CCCCNc1cc(CCCN)c[nH]1. The summed E-state index contributed by atoms with van der Waals surface area (Å²) in [6, 6.07) is 2.17. The Morgan fingerprint density at radius 3 is 3.00 bits per heavy atom. The molecule has 14 heavy (non-hydrogen) atoms. The summed E-state index contributed by atoms with van der Waals surface area (Å²) in [5, 5.41) is 3.36. The van der Waals surface area contributed by atoms with Gasteiger partial charge in [0.25, 0.3) is 0 Å². The van der Waals surface area contributed by atoms with E-state index in [1.807, 2.05) is 0 Å². The lowest BCUT2D eigenvalue weighted by molar-refractivity contribution is 0.831. The number of nitrogens with one attached hydrogen (secondary N) is 2. The van der Waals surface area contributed by atoms with Gasteiger partial charge in [-0.15, -0.1) is 0 Å². The first-order valence-electron chi connectivity index (χ1n) is 5.48. The Kier molecular flexibility index (Phi) is 5.15. The fourth-order valence-electron chi connectivity index (χ4n) is 1.39. The summed E-state index contributed by atoms with van der Waals surface area (Å²) in [4.78, 5) is 3.22. The van der Waals surface area contributed by atoms with Crippen molar-refractivity contribution in [3.05, 3.63) is 17.8 Å². The van der Waals surface area contributed by atoms with Crippen LogP contribution in [-0.4, -0.2) is 18.1 Å². The van der Waals surface area contributed by atoms with Crippen LogP contribution in [0, 0.1) is 0 Å². The predicted octanol–water partition coefficient (Wildman–Crippen LogP) is 2.12. The van der Waals surface area contributed by atoms with Crippen molar-refractivity contribution in [3.8, 4) is 0 Å². The summed E-state index contributed by atoms with van der Waals surface area (Å²) in [6.07, 6.45) is 6.64. The number of anilines is 1. The van der Waals surface area contributed by atoms with E-state index in [1.165, 1.54) is 18.4 Å². The molecule has 0 fully saturated rings. The van der Waals surface area contributed by atoms with Gasteiger partial charge in [-0.1, -0.05) is 13.3 Å². The van der Waals surface area contributed by atoms with Gasteiger partial charge in [0.2, 0.25) is 0 Å². The monoisotopic (exact) mass is 195 g/mol. The lowest BCUT2D eigenvalue weighted by Gasteiger charge is -2.00. The number of hydrogen-bond acceptors (Lipinski definition) is 2. The average molecular weight is 195 g/mol. The van der Waals surface area contributed by atoms with Crippen molar-refractivity contribution in [2.45, 2.75) is 32.6 Å². The molecule has 0 unspecified atom stereocenters. The van der Waals surface area contributed by atoms with Crippen LogP contribution in [0.3, 0.4) is 0 Å². The fraction of sp³-hybridized carbons (Fsp3) is 0.636. The van der Waals surface area contributed by atoms with Gasteiger partial charge in [-0.2, -0.15) is 0 Å². The standard InChI is InChI=1S/C11H21N3/c1-2-3-7-13-11-8-10(9-14-11)5-4-6-12/h8-9,13-14H,2-7,12H2,1H3. The van der Waals surface area contributed by atoms with Crippen LogP contribution in [0.1, 0.15) is 31.7 Å². The minimum atomic E-state index is 0.768. The van der Waals surface area contributed by atoms with Crippen molar-refractivity contribution in [1.29, 1.82) is 0 Å². The molecule has 0 aromatic carbocycles. The van der Waals surface area contributed by atoms with Gasteiger partial charge in [-0.05, 0) is 37.4 Å². The van der Waals surface area contributed by atoms with Crippen LogP contribution in [0.15, 0.2) is 12.3 Å². The molecule has 0 aliphatic carbocycles. The molecule has 0 saturated heterocycles. The first kappa shape index (κ1) is 11.1. The molecule has 0 spiro atoms. The van der Waals surface area contributed by atoms with Crippen molar-refractivity contribution in [2.75, 3.05) is 18.4 Å². The molecule has 0 amide bonds. The lowest BCUT2D eigenvalue weighted by Crippen LogP contribution is -2.00. The van der Waals surface area contributed by atoms with E-state index in [-0.39, 0.29) is 0 Å². The summed E-state index contributed by atoms with van der Waals surface area (Å²) in [6.45, 7) is 4.01. The van der Waals surface area contributed by atoms with Crippen LogP contribution < -0.4 is 11.1 Å². The zero-order valence-electron chi connectivity index (χ0n) is 8.97. The molecule has 1 heterocycles. The predicted molar refractivity (Wildman–Crippen MR) is 61.6 cm³/mol. The zero-order chi connectivity index (χ0) is 10.2. The van der Waals surface area contributed by atoms with Crippen molar-refractivity contribution >= 4 is 5.82 Å². The Bertz CT molecular complexity index is 242. The Morgan fingerprint density at radius 1 is 1.43 bits per heavy atom. The van der Waals surface area contributed by atoms with Gasteiger partial charge in [0.1, 0.15) is 5.82 Å². The maximum Gasteiger partial charge on any atom is 0.103 e. The molecule has 0 atom stereocenters. The molecule has 3 nitrogen and oxygen atoms in total. The number of nitrogens with two attached hydrogens (primary N) is 1. The smallest absolute Gasteiger partial charge is 0.103 e. The highest BCUT2D eigenvalue weighted by atomic mass is 15.0. The maximum atomic E-state index is 5.46. The second-order valence-corrected chi connectivity index (χ2v) is 3.59. The fourth-order valence-corrected chi connectivity index (χ4v) is 1.39. The Labute approximate surface area is 86.1 Å². The molecule has 1 aromatic heterocycles. The molecule has 0 aliphatic heterocycles. The van der Waals surface area contributed by atoms with E-state index in [0.29, 0.717) is 0 Å². The number of aryl methyl sites for hydroxylation is 1. The highest BCUT2D eigenvalue weighted by Crippen LogP contribution is 2.10. The maximum absolute atomic E-state index is 5.46. The molecule has 0 radical (unpaired) electrons. The van der Waals surface area contributed by atoms with Crippen molar-refractivity contribution in [3.63, 3.8) is 0 Å². The van der Waals surface area contributed by atoms with Gasteiger partial charge in [0.05, 0.1) is 0 Å². The molecule has 3 heteroatoms. The Morgan fingerprint density at radius 2 is 2.29 bits per heavy atom. The molecule has 0 saturated carbocycles. The van der Waals surface area contributed by atoms with E-state index in [4.69, 9.17) is 5.73 Å². The lowest BCUT2D eigenvalue weighted by atomic mass is 10.2. The van der Waals surface area contributed by atoms with Crippen LogP contribution >= 0.6 is 0 Å². The quantitative estimate of drug-likeness (QED) is 0.584. The third-order valence-corrected chi connectivity index (χ3v) is 2.26. The third kappa shape index (κ3) is 3.83. The van der Waals surface area contributed by atoms with Gasteiger partial charge in [0.15, 0.2) is 0 Å². The van der Waals surface area contributed by atoms with Crippen molar-refractivity contribution in [1.82, 2.24) is 4.98 Å². The highest BCUT2D eigenvalue weighted by Gasteiger charge is 1.97. The number of rotatable bonds is 7. The van der Waals surface area contributed by atoms with E-state index >= 15 is 0 Å². The van der Waals surface area contributed by atoms with Crippen LogP contribution in [0.2, 0.25) is 0 Å². The minimum Gasteiger partial charge on any atom is -0.372 e. The van der Waals surface area contributed by atoms with Crippen LogP contribution in [0.5, 0.6) is 0 Å². The zero-order valence-corrected chi connectivity index (χ0v) is 8.97. The number of aromatic amines is 1. The number of unbranched alkanes of at least 4 members (excludes halogenated alkanes) is 1. The first-order valence-corrected chi connectivity index (χ1v) is 5.48. The molecular formula is C11H21N3. The van der Waals surface area contributed by atoms with Gasteiger partial charge in [0, 0.05) is 12.7 Å². The molecular weight excluding hydrogens is 174 g/mol. The summed E-state index contributed by atoms with van der Waals surface area (Å²) < 4.78 is 0. The van der Waals surface area contributed by atoms with Gasteiger partial charge >= 0.3 is 0 Å². The van der Waals surface area contributed by atoms with Crippen molar-refractivity contribution < 1.29 is 0 Å². The first-order chi connectivity index (χ1) is 6.86. The summed E-state index contributed by atoms with van der Waals surface area (Å²) in [7, 11) is 0. The number of hydrogen-bond donors (Lipinski definition) is 3. The number of aromatic nitrogens is 1. The largest absolute Gasteiger partial charge is 0.372 e. The summed E-state index contributed by atoms with van der Waals surface area (Å²) >= 11 is 0. The Balaban J connectivity index is 2.27. The van der Waals surface area contributed by atoms with E-state index in [1.54, 1.807) is 0 Å². The molecule has 1 aromatic rings. The Hall–Kier alpha value is -0.960. The second-order valence-electron chi connectivity index (χ2n) is 3.59. The minimum absolute atomic E-state index is 0.768. The average Bonchev–Trinajstić information content (AvgIpc) is 2.63. The molecule has 0 bridgehead atoms. The van der Waals surface area contributed by atoms with Crippen LogP contribution in [-0.2, 0) is 6.42 Å². The van der Waals surface area contributed by atoms with Crippen LogP contribution in [0.25, 0.3) is 0 Å². The van der Waals surface area contributed by atoms with Gasteiger partial charge < -0.3 is 16.0 Å².